The summed E-state index contributed by atoms with van der Waals surface area (Å²) in [7, 11) is 0. The fraction of sp³-hybridized carbons (Fsp3) is 0.318. The second kappa shape index (κ2) is 9.34. The van der Waals surface area contributed by atoms with Gasteiger partial charge < -0.3 is 20.4 Å². The van der Waals surface area contributed by atoms with Crippen molar-refractivity contribution in [1.82, 2.24) is 9.80 Å². The molecule has 29 heavy (non-hydrogen) atoms. The SMILES string of the molecule is CCN1CCN(C(=O)c2ccc(C(=O)Nc3ccc(NC(C)=O)cc3)cc2)CC1. The molecular formula is C22H26N4O3. The van der Waals surface area contributed by atoms with E-state index in [9.17, 15) is 14.4 Å². The third kappa shape index (κ3) is 5.42. The van der Waals surface area contributed by atoms with Crippen molar-refractivity contribution in [3.63, 3.8) is 0 Å². The molecule has 0 atom stereocenters. The predicted molar refractivity (Wildman–Crippen MR) is 113 cm³/mol. The molecule has 152 valence electrons. The topological polar surface area (TPSA) is 81.8 Å². The third-order valence-corrected chi connectivity index (χ3v) is 4.96. The van der Waals surface area contributed by atoms with Crippen LogP contribution in [-0.2, 0) is 4.79 Å². The average Bonchev–Trinajstić information content (AvgIpc) is 2.74. The zero-order valence-corrected chi connectivity index (χ0v) is 16.8. The minimum atomic E-state index is -0.257. The van der Waals surface area contributed by atoms with Crippen LogP contribution in [0.15, 0.2) is 48.5 Å². The highest BCUT2D eigenvalue weighted by atomic mass is 16.2. The third-order valence-electron chi connectivity index (χ3n) is 4.96. The lowest BCUT2D eigenvalue weighted by Gasteiger charge is -2.34. The van der Waals surface area contributed by atoms with Crippen LogP contribution in [0.3, 0.4) is 0 Å². The number of nitrogens with one attached hydrogen (secondary N) is 2. The van der Waals surface area contributed by atoms with Gasteiger partial charge in [0.1, 0.15) is 0 Å². The predicted octanol–water partition coefficient (Wildman–Crippen LogP) is 2.68. The van der Waals surface area contributed by atoms with Gasteiger partial charge in [0.2, 0.25) is 5.91 Å². The molecule has 0 unspecified atom stereocenters. The van der Waals surface area contributed by atoms with E-state index in [0.717, 1.165) is 32.7 Å². The van der Waals surface area contributed by atoms with Crippen LogP contribution in [0.4, 0.5) is 11.4 Å². The standard InChI is InChI=1S/C22H26N4O3/c1-3-25-12-14-26(15-13-25)22(29)18-6-4-17(5-7-18)21(28)24-20-10-8-19(9-11-20)23-16(2)27/h4-11H,3,12-15H2,1-2H3,(H,23,27)(H,24,28). The van der Waals surface area contributed by atoms with Crippen molar-refractivity contribution in [2.75, 3.05) is 43.4 Å². The van der Waals surface area contributed by atoms with Gasteiger partial charge in [-0.2, -0.15) is 0 Å². The highest BCUT2D eigenvalue weighted by Gasteiger charge is 2.21. The van der Waals surface area contributed by atoms with Crippen molar-refractivity contribution in [2.45, 2.75) is 13.8 Å². The van der Waals surface area contributed by atoms with Gasteiger partial charge in [-0.3, -0.25) is 14.4 Å². The van der Waals surface area contributed by atoms with Gasteiger partial charge in [-0.15, -0.1) is 0 Å². The van der Waals surface area contributed by atoms with Crippen LogP contribution < -0.4 is 10.6 Å². The highest BCUT2D eigenvalue weighted by molar-refractivity contribution is 6.05. The molecule has 0 radical (unpaired) electrons. The van der Waals surface area contributed by atoms with Crippen molar-refractivity contribution in [1.29, 1.82) is 0 Å². The van der Waals surface area contributed by atoms with Gasteiger partial charge in [0.05, 0.1) is 0 Å². The molecule has 1 fully saturated rings. The molecule has 1 saturated heterocycles. The molecule has 0 aromatic heterocycles. The maximum absolute atomic E-state index is 12.7. The molecule has 7 heteroatoms. The van der Waals surface area contributed by atoms with Gasteiger partial charge in [0.25, 0.3) is 11.8 Å². The van der Waals surface area contributed by atoms with Crippen molar-refractivity contribution < 1.29 is 14.4 Å². The molecule has 0 spiro atoms. The van der Waals surface area contributed by atoms with E-state index in [2.05, 4.69) is 22.5 Å². The highest BCUT2D eigenvalue weighted by Crippen LogP contribution is 2.16. The number of amides is 3. The Balaban J connectivity index is 1.58. The van der Waals surface area contributed by atoms with E-state index < -0.39 is 0 Å². The van der Waals surface area contributed by atoms with Crippen molar-refractivity contribution in [2.24, 2.45) is 0 Å². The number of anilines is 2. The lowest BCUT2D eigenvalue weighted by Crippen LogP contribution is -2.48. The van der Waals surface area contributed by atoms with Crippen LogP contribution in [0, 0.1) is 0 Å². The number of hydrogen-bond donors (Lipinski definition) is 2. The molecule has 2 aromatic carbocycles. The Kier molecular flexibility index (Phi) is 6.61. The Morgan fingerprint density at radius 3 is 1.83 bits per heavy atom. The molecule has 2 aromatic rings. The summed E-state index contributed by atoms with van der Waals surface area (Å²) in [6.07, 6.45) is 0. The van der Waals surface area contributed by atoms with Gasteiger partial charge in [-0.05, 0) is 55.1 Å². The monoisotopic (exact) mass is 394 g/mol. The normalized spacial score (nSPS) is 14.3. The second-order valence-electron chi connectivity index (χ2n) is 7.02. The summed E-state index contributed by atoms with van der Waals surface area (Å²) in [5.74, 6) is -0.405. The number of piperazine rings is 1. The van der Waals surface area contributed by atoms with E-state index in [1.54, 1.807) is 48.5 Å². The Hall–Kier alpha value is -3.19. The van der Waals surface area contributed by atoms with Crippen LogP contribution >= 0.6 is 0 Å². The van der Waals surface area contributed by atoms with E-state index in [0.29, 0.717) is 22.5 Å². The maximum atomic E-state index is 12.7. The molecule has 0 saturated carbocycles. The lowest BCUT2D eigenvalue weighted by atomic mass is 10.1. The first kappa shape index (κ1) is 20.5. The first-order valence-corrected chi connectivity index (χ1v) is 9.77. The first-order valence-electron chi connectivity index (χ1n) is 9.77. The van der Waals surface area contributed by atoms with Crippen molar-refractivity contribution >= 4 is 29.1 Å². The molecule has 3 rings (SSSR count). The van der Waals surface area contributed by atoms with Crippen molar-refractivity contribution in [3.05, 3.63) is 59.7 Å². The number of carbonyl (C=O) groups is 3. The summed E-state index contributed by atoms with van der Waals surface area (Å²) in [4.78, 5) is 40.3. The van der Waals surface area contributed by atoms with Crippen molar-refractivity contribution in [3.8, 4) is 0 Å². The average molecular weight is 394 g/mol. The van der Waals surface area contributed by atoms with E-state index in [1.165, 1.54) is 6.92 Å². The Morgan fingerprint density at radius 1 is 0.793 bits per heavy atom. The molecule has 2 N–H and O–H groups in total. The summed E-state index contributed by atoms with van der Waals surface area (Å²) >= 11 is 0. The molecule has 0 bridgehead atoms. The number of benzene rings is 2. The summed E-state index contributed by atoms with van der Waals surface area (Å²) in [6, 6.07) is 13.6. The van der Waals surface area contributed by atoms with Crippen LogP contribution in [-0.4, -0.2) is 60.2 Å². The minimum absolute atomic E-state index is 0.00118. The fourth-order valence-corrected chi connectivity index (χ4v) is 3.26. The summed E-state index contributed by atoms with van der Waals surface area (Å²) in [5.41, 5.74) is 2.35. The van der Waals surface area contributed by atoms with Gasteiger partial charge in [-0.1, -0.05) is 6.92 Å². The first-order chi connectivity index (χ1) is 14.0. The zero-order valence-electron chi connectivity index (χ0n) is 16.8. The van der Waals surface area contributed by atoms with E-state index in [-0.39, 0.29) is 17.7 Å². The van der Waals surface area contributed by atoms with Crippen LogP contribution in [0.2, 0.25) is 0 Å². The molecule has 1 heterocycles. The van der Waals surface area contributed by atoms with E-state index in [1.807, 2.05) is 4.90 Å². The Morgan fingerprint density at radius 2 is 1.31 bits per heavy atom. The number of hydrogen-bond acceptors (Lipinski definition) is 4. The number of carbonyl (C=O) groups excluding carboxylic acids is 3. The fourth-order valence-electron chi connectivity index (χ4n) is 3.26. The van der Waals surface area contributed by atoms with Gasteiger partial charge in [0, 0.05) is 55.6 Å². The van der Waals surface area contributed by atoms with Gasteiger partial charge in [-0.25, -0.2) is 0 Å². The minimum Gasteiger partial charge on any atom is -0.336 e. The molecule has 1 aliphatic heterocycles. The Labute approximate surface area is 170 Å². The molecule has 0 aliphatic carbocycles. The maximum Gasteiger partial charge on any atom is 0.255 e. The Bertz CT molecular complexity index is 870. The number of nitrogens with zero attached hydrogens (tertiary/aromatic N) is 2. The largest absolute Gasteiger partial charge is 0.336 e. The summed E-state index contributed by atoms with van der Waals surface area (Å²) < 4.78 is 0. The quantitative estimate of drug-likeness (QED) is 0.817. The number of rotatable bonds is 5. The van der Waals surface area contributed by atoms with E-state index >= 15 is 0 Å². The van der Waals surface area contributed by atoms with Crippen LogP contribution in [0.1, 0.15) is 34.6 Å². The van der Waals surface area contributed by atoms with E-state index in [4.69, 9.17) is 0 Å². The van der Waals surface area contributed by atoms with Gasteiger partial charge in [0.15, 0.2) is 0 Å². The van der Waals surface area contributed by atoms with Gasteiger partial charge >= 0.3 is 0 Å². The van der Waals surface area contributed by atoms with Crippen LogP contribution in [0.25, 0.3) is 0 Å². The smallest absolute Gasteiger partial charge is 0.255 e. The zero-order chi connectivity index (χ0) is 20.8. The van der Waals surface area contributed by atoms with Crippen LogP contribution in [0.5, 0.6) is 0 Å². The number of likely N-dealkylation sites (N-methyl/N-ethyl adjacent to an activating group) is 1. The molecule has 7 nitrogen and oxygen atoms in total. The summed E-state index contributed by atoms with van der Waals surface area (Å²) in [5, 5.41) is 5.49. The molecule has 1 aliphatic rings. The summed E-state index contributed by atoms with van der Waals surface area (Å²) in [6.45, 7) is 7.80. The lowest BCUT2D eigenvalue weighted by molar-refractivity contribution is -0.114. The second-order valence-corrected chi connectivity index (χ2v) is 7.02. The molecular weight excluding hydrogens is 368 g/mol. The molecule has 3 amide bonds.